The number of H-pyrrole nitrogens is 1. The number of benzene rings is 2. The highest BCUT2D eigenvalue weighted by atomic mass is 16.5. The van der Waals surface area contributed by atoms with E-state index in [0.29, 0.717) is 30.2 Å². The van der Waals surface area contributed by atoms with Gasteiger partial charge in [-0.15, -0.1) is 0 Å². The van der Waals surface area contributed by atoms with E-state index in [-0.39, 0.29) is 5.56 Å². The summed E-state index contributed by atoms with van der Waals surface area (Å²) in [5, 5.41) is 3.85. The third-order valence-corrected chi connectivity index (χ3v) is 7.06. The Bertz CT molecular complexity index is 1690. The van der Waals surface area contributed by atoms with Crippen molar-refractivity contribution in [3.05, 3.63) is 115 Å². The summed E-state index contributed by atoms with van der Waals surface area (Å²) < 4.78 is 12.1. The van der Waals surface area contributed by atoms with E-state index in [1.807, 2.05) is 75.4 Å². The van der Waals surface area contributed by atoms with E-state index in [1.165, 1.54) is 0 Å². The number of nitrogens with one attached hydrogen (secondary N) is 1. The minimum absolute atomic E-state index is 0.0331. The number of ether oxygens (including phenoxy) is 1. The van der Waals surface area contributed by atoms with Crippen LogP contribution in [0, 0.1) is 6.92 Å². The maximum Gasteiger partial charge on any atom is 0.439 e. The van der Waals surface area contributed by atoms with Gasteiger partial charge in [0, 0.05) is 24.0 Å². The molecule has 0 bridgehead atoms. The predicted molar refractivity (Wildman–Crippen MR) is 151 cm³/mol. The lowest BCUT2D eigenvalue weighted by Gasteiger charge is -2.16. The Balaban J connectivity index is 1.49. The van der Waals surface area contributed by atoms with Crippen molar-refractivity contribution in [2.75, 3.05) is 6.61 Å². The summed E-state index contributed by atoms with van der Waals surface area (Å²) in [6.07, 6.45) is 6.83. The zero-order valence-electron chi connectivity index (χ0n) is 22.7. The van der Waals surface area contributed by atoms with Crippen molar-refractivity contribution in [1.82, 2.24) is 19.7 Å². The van der Waals surface area contributed by atoms with Crippen LogP contribution in [0.25, 0.3) is 16.8 Å². The summed E-state index contributed by atoms with van der Waals surface area (Å²) in [5.41, 5.74) is 7.13. The lowest BCUT2D eigenvalue weighted by molar-refractivity contribution is 0.357. The van der Waals surface area contributed by atoms with Gasteiger partial charge in [-0.1, -0.05) is 54.9 Å². The minimum Gasteiger partial charge on any atom is -0.493 e. The molecule has 0 aliphatic carbocycles. The number of fused-ring (bicyclic) bond motifs is 1. The van der Waals surface area contributed by atoms with Crippen molar-refractivity contribution in [2.45, 2.75) is 53.4 Å². The van der Waals surface area contributed by atoms with Crippen LogP contribution in [0.3, 0.4) is 0 Å². The Kier molecular flexibility index (Phi) is 7.45. The molecule has 4 aromatic rings. The fourth-order valence-electron chi connectivity index (χ4n) is 5.21. The summed E-state index contributed by atoms with van der Waals surface area (Å²) >= 11 is 0. The third-order valence-electron chi connectivity index (χ3n) is 7.06. The fourth-order valence-corrected chi connectivity index (χ4v) is 5.21. The van der Waals surface area contributed by atoms with Crippen molar-refractivity contribution in [3.63, 3.8) is 0 Å². The van der Waals surface area contributed by atoms with Crippen molar-refractivity contribution >= 4 is 11.1 Å². The summed E-state index contributed by atoms with van der Waals surface area (Å²) in [6, 6.07) is 14.0. The number of aromatic nitrogens is 4. The normalized spacial score (nSPS) is 13.4. The molecule has 0 radical (unpaired) electrons. The molecule has 5 rings (SSSR count). The molecule has 0 fully saturated rings. The lowest BCUT2D eigenvalue weighted by atomic mass is 9.94. The van der Waals surface area contributed by atoms with E-state index in [4.69, 9.17) is 14.2 Å². The molecule has 1 aliphatic heterocycles. The number of rotatable bonds is 8. The molecule has 1 aliphatic rings. The van der Waals surface area contributed by atoms with Gasteiger partial charge in [0.2, 0.25) is 0 Å². The number of allylic oxidation sites excluding steroid dienone is 4. The fraction of sp³-hybridized carbons (Fsp3) is 0.290. The third kappa shape index (κ3) is 5.14. The zero-order valence-corrected chi connectivity index (χ0v) is 22.7. The van der Waals surface area contributed by atoms with Crippen LogP contribution in [0.5, 0.6) is 5.75 Å². The van der Waals surface area contributed by atoms with Crippen molar-refractivity contribution < 1.29 is 9.26 Å². The van der Waals surface area contributed by atoms with Crippen LogP contribution in [0.15, 0.2) is 68.7 Å². The molecule has 39 heavy (non-hydrogen) atoms. The summed E-state index contributed by atoms with van der Waals surface area (Å²) in [5.74, 6) is 1.36. The average molecular weight is 525 g/mol. The van der Waals surface area contributed by atoms with Gasteiger partial charge in [-0.2, -0.15) is 0 Å². The molecule has 0 saturated heterocycles. The molecule has 0 spiro atoms. The summed E-state index contributed by atoms with van der Waals surface area (Å²) in [6.45, 7) is 8.48. The number of nitrogens with zero attached hydrogens (tertiary/aromatic N) is 3. The maximum absolute atomic E-state index is 13.9. The quantitative estimate of drug-likeness (QED) is 0.318. The number of hydrogen-bond donors (Lipinski definition) is 1. The van der Waals surface area contributed by atoms with Crippen molar-refractivity contribution in [2.24, 2.45) is 0 Å². The van der Waals surface area contributed by atoms with Crippen molar-refractivity contribution in [3.8, 4) is 11.4 Å². The standard InChI is InChI=1S/C31H32N4O4/c1-5-8-27-26(30(36)35(19(4)32-27)23-13-14-28-22(18-23)15-16-38-28)17-20-9-11-21(12-10-20)24(6-2)25(7-3)29-33-31(37)39-34-29/h6-7,9-14,18H,5,8,15-17H2,1-4H3,(H,33,34,37)/b24-6-,25-7+. The molecule has 3 heterocycles. The molecule has 2 aromatic carbocycles. The molecule has 8 nitrogen and oxygen atoms in total. The van der Waals surface area contributed by atoms with Crippen LogP contribution in [-0.2, 0) is 19.3 Å². The van der Waals surface area contributed by atoms with Crippen LogP contribution >= 0.6 is 0 Å². The van der Waals surface area contributed by atoms with Gasteiger partial charge in [0.25, 0.3) is 5.56 Å². The van der Waals surface area contributed by atoms with Gasteiger partial charge in [-0.25, -0.2) is 9.78 Å². The predicted octanol–water partition coefficient (Wildman–Crippen LogP) is 5.20. The first kappa shape index (κ1) is 26.2. The van der Waals surface area contributed by atoms with Crippen LogP contribution in [-0.4, -0.2) is 26.3 Å². The second-order valence-electron chi connectivity index (χ2n) is 9.59. The number of hydrogen-bond acceptors (Lipinski definition) is 6. The van der Waals surface area contributed by atoms with Crippen LogP contribution < -0.4 is 16.1 Å². The molecule has 8 heteroatoms. The van der Waals surface area contributed by atoms with E-state index in [0.717, 1.165) is 64.2 Å². The number of aromatic amines is 1. The summed E-state index contributed by atoms with van der Waals surface area (Å²) in [4.78, 5) is 32.9. The minimum atomic E-state index is -0.594. The van der Waals surface area contributed by atoms with E-state index in [2.05, 4.69) is 17.1 Å². The van der Waals surface area contributed by atoms with Crippen molar-refractivity contribution in [1.29, 1.82) is 0 Å². The Morgan fingerprint density at radius 3 is 2.51 bits per heavy atom. The van der Waals surface area contributed by atoms with Gasteiger partial charge in [-0.3, -0.25) is 18.9 Å². The van der Waals surface area contributed by atoms with Crippen LogP contribution in [0.2, 0.25) is 0 Å². The van der Waals surface area contributed by atoms with Gasteiger partial charge in [0.15, 0.2) is 5.82 Å². The van der Waals surface area contributed by atoms with E-state index >= 15 is 0 Å². The Morgan fingerprint density at radius 1 is 1.08 bits per heavy atom. The first-order valence-electron chi connectivity index (χ1n) is 13.3. The molecule has 0 amide bonds. The van der Waals surface area contributed by atoms with E-state index in [1.54, 1.807) is 4.57 Å². The smallest absolute Gasteiger partial charge is 0.439 e. The van der Waals surface area contributed by atoms with Crippen LogP contribution in [0.4, 0.5) is 0 Å². The second-order valence-corrected chi connectivity index (χ2v) is 9.59. The Morgan fingerprint density at radius 2 is 1.85 bits per heavy atom. The molecule has 0 atom stereocenters. The van der Waals surface area contributed by atoms with Gasteiger partial charge in [0.05, 0.1) is 18.0 Å². The molecule has 2 aromatic heterocycles. The molecule has 1 N–H and O–H groups in total. The monoisotopic (exact) mass is 524 g/mol. The molecule has 0 unspecified atom stereocenters. The van der Waals surface area contributed by atoms with E-state index < -0.39 is 5.76 Å². The van der Waals surface area contributed by atoms with E-state index in [9.17, 15) is 9.59 Å². The first-order chi connectivity index (χ1) is 18.9. The molecule has 200 valence electrons. The first-order valence-corrected chi connectivity index (χ1v) is 13.3. The summed E-state index contributed by atoms with van der Waals surface area (Å²) in [7, 11) is 0. The maximum atomic E-state index is 13.9. The van der Waals surface area contributed by atoms with Gasteiger partial charge in [0.1, 0.15) is 11.6 Å². The van der Waals surface area contributed by atoms with Gasteiger partial charge < -0.3 is 4.74 Å². The molecular formula is C31H32N4O4. The Labute approximate surface area is 226 Å². The largest absolute Gasteiger partial charge is 0.493 e. The number of aryl methyl sites for hydroxylation is 2. The lowest BCUT2D eigenvalue weighted by Crippen LogP contribution is -2.28. The van der Waals surface area contributed by atoms with Gasteiger partial charge in [-0.05, 0) is 67.7 Å². The molecular weight excluding hydrogens is 492 g/mol. The van der Waals surface area contributed by atoms with Gasteiger partial charge >= 0.3 is 5.76 Å². The zero-order chi connectivity index (χ0) is 27.5. The highest BCUT2D eigenvalue weighted by Crippen LogP contribution is 2.30. The highest BCUT2D eigenvalue weighted by molar-refractivity contribution is 6.03. The second kappa shape index (κ2) is 11.1. The SMILES string of the molecule is C/C=C(\C(=C/C)c1noc(=O)[nH]1)c1ccc(Cc2c(CCC)nc(C)n(-c3ccc4c(c3)CCO4)c2=O)cc1. The topological polar surface area (TPSA) is 103 Å². The average Bonchev–Trinajstić information content (AvgIpc) is 3.58. The Hall–Kier alpha value is -4.46. The van der Waals surface area contributed by atoms with Crippen LogP contribution in [0.1, 0.15) is 66.8 Å². The molecule has 0 saturated carbocycles. The highest BCUT2D eigenvalue weighted by Gasteiger charge is 2.19.